The summed E-state index contributed by atoms with van der Waals surface area (Å²) in [5.74, 6) is -1.82. The van der Waals surface area contributed by atoms with Gasteiger partial charge in [-0.05, 0) is 36.0 Å². The number of rotatable bonds is 2. The fourth-order valence-corrected chi connectivity index (χ4v) is 2.60. The van der Waals surface area contributed by atoms with Crippen molar-refractivity contribution in [1.29, 1.82) is 0 Å². The van der Waals surface area contributed by atoms with Gasteiger partial charge in [0.2, 0.25) is 0 Å². The summed E-state index contributed by atoms with van der Waals surface area (Å²) in [4.78, 5) is 2.86. The van der Waals surface area contributed by atoms with E-state index in [2.05, 4.69) is 4.98 Å². The van der Waals surface area contributed by atoms with Crippen LogP contribution >= 0.6 is 23.8 Å². The van der Waals surface area contributed by atoms with E-state index in [-0.39, 0.29) is 12.1 Å². The molecular weight excluding hydrogens is 302 g/mol. The summed E-state index contributed by atoms with van der Waals surface area (Å²) < 4.78 is 29.2. The smallest absolute Gasteiger partial charge is 0.184 e. The lowest BCUT2D eigenvalue weighted by Gasteiger charge is -2.07. The molecule has 1 N–H and O–H groups in total. The zero-order chi connectivity index (χ0) is 14.3. The van der Waals surface area contributed by atoms with E-state index in [1.54, 1.807) is 12.1 Å². The highest BCUT2D eigenvalue weighted by atomic mass is 35.5. The normalized spacial score (nSPS) is 11.2. The number of benzene rings is 2. The number of halogens is 3. The summed E-state index contributed by atoms with van der Waals surface area (Å²) in [5, 5.41) is 0.556. The number of imidazole rings is 1. The Labute approximate surface area is 123 Å². The van der Waals surface area contributed by atoms with Crippen molar-refractivity contribution in [3.8, 4) is 0 Å². The van der Waals surface area contributed by atoms with E-state index in [0.29, 0.717) is 15.3 Å². The van der Waals surface area contributed by atoms with Crippen molar-refractivity contribution in [3.05, 3.63) is 63.4 Å². The highest BCUT2D eigenvalue weighted by Gasteiger charge is 2.14. The third kappa shape index (κ3) is 2.13. The maximum absolute atomic E-state index is 14.0. The van der Waals surface area contributed by atoms with Crippen LogP contribution in [-0.2, 0) is 6.54 Å². The summed E-state index contributed by atoms with van der Waals surface area (Å²) in [5.41, 5.74) is 1.37. The molecule has 0 atom stereocenters. The highest BCUT2D eigenvalue weighted by Crippen LogP contribution is 2.23. The van der Waals surface area contributed by atoms with Gasteiger partial charge in [-0.2, -0.15) is 0 Å². The van der Waals surface area contributed by atoms with Crippen molar-refractivity contribution in [3.63, 3.8) is 0 Å². The lowest BCUT2D eigenvalue weighted by atomic mass is 10.2. The fourth-order valence-electron chi connectivity index (χ4n) is 2.14. The third-order valence-electron chi connectivity index (χ3n) is 3.11. The molecule has 0 saturated heterocycles. The van der Waals surface area contributed by atoms with Crippen LogP contribution < -0.4 is 0 Å². The number of hydrogen-bond acceptors (Lipinski definition) is 1. The summed E-state index contributed by atoms with van der Waals surface area (Å²) in [6.07, 6.45) is 0. The summed E-state index contributed by atoms with van der Waals surface area (Å²) in [6, 6.07) is 9.74. The molecule has 0 aliphatic rings. The van der Waals surface area contributed by atoms with Gasteiger partial charge in [0.1, 0.15) is 5.52 Å². The molecule has 3 aromatic rings. The second kappa shape index (κ2) is 5.00. The Morgan fingerprint density at radius 2 is 1.90 bits per heavy atom. The molecule has 0 fully saturated rings. The molecule has 6 heteroatoms. The minimum absolute atomic E-state index is 0.120. The summed E-state index contributed by atoms with van der Waals surface area (Å²) in [7, 11) is 0. The molecule has 0 amide bonds. The number of aromatic nitrogens is 2. The Bertz CT molecular complexity index is 854. The van der Waals surface area contributed by atoms with E-state index in [0.717, 1.165) is 11.6 Å². The van der Waals surface area contributed by atoms with Crippen molar-refractivity contribution in [2.45, 2.75) is 6.54 Å². The molecule has 102 valence electrons. The standard InChI is InChI=1S/C14H9ClF2N2S/c15-9-4-2-1-3-8(9)7-19-13-11(18-14(19)20)6-5-10(16)12(13)17/h1-6H,7H2,(H,18,20). The van der Waals surface area contributed by atoms with Crippen molar-refractivity contribution in [2.75, 3.05) is 0 Å². The van der Waals surface area contributed by atoms with E-state index in [1.807, 2.05) is 12.1 Å². The molecule has 0 aliphatic heterocycles. The zero-order valence-electron chi connectivity index (χ0n) is 10.2. The Hall–Kier alpha value is -1.72. The van der Waals surface area contributed by atoms with Gasteiger partial charge >= 0.3 is 0 Å². The van der Waals surface area contributed by atoms with Gasteiger partial charge in [-0.1, -0.05) is 29.8 Å². The van der Waals surface area contributed by atoms with Crippen LogP contribution in [-0.4, -0.2) is 9.55 Å². The molecule has 0 unspecified atom stereocenters. The molecule has 20 heavy (non-hydrogen) atoms. The molecule has 0 spiro atoms. The zero-order valence-corrected chi connectivity index (χ0v) is 11.7. The van der Waals surface area contributed by atoms with E-state index in [4.69, 9.17) is 23.8 Å². The molecule has 2 aromatic carbocycles. The van der Waals surface area contributed by atoms with Crippen molar-refractivity contribution < 1.29 is 8.78 Å². The average molecular weight is 311 g/mol. The fraction of sp³-hybridized carbons (Fsp3) is 0.0714. The maximum Gasteiger partial charge on any atom is 0.184 e. The number of aromatic amines is 1. The largest absolute Gasteiger partial charge is 0.330 e. The van der Waals surface area contributed by atoms with Gasteiger partial charge in [0.25, 0.3) is 0 Å². The van der Waals surface area contributed by atoms with E-state index in [9.17, 15) is 8.78 Å². The van der Waals surface area contributed by atoms with Crippen LogP contribution in [0.2, 0.25) is 5.02 Å². The van der Waals surface area contributed by atoms with Crippen LogP contribution in [0.15, 0.2) is 36.4 Å². The SMILES string of the molecule is Fc1ccc2[nH]c(=S)n(Cc3ccccc3Cl)c2c1F. The van der Waals surface area contributed by atoms with E-state index >= 15 is 0 Å². The minimum atomic E-state index is -0.915. The first-order valence-electron chi connectivity index (χ1n) is 5.88. The maximum atomic E-state index is 14.0. The molecule has 1 heterocycles. The van der Waals surface area contributed by atoms with Crippen molar-refractivity contribution in [2.24, 2.45) is 0 Å². The van der Waals surface area contributed by atoms with Gasteiger partial charge in [-0.25, -0.2) is 8.78 Å². The van der Waals surface area contributed by atoms with E-state index in [1.165, 1.54) is 10.6 Å². The molecule has 0 saturated carbocycles. The summed E-state index contributed by atoms with van der Waals surface area (Å²) in [6.45, 7) is 0.277. The number of nitrogens with one attached hydrogen (secondary N) is 1. The first-order valence-corrected chi connectivity index (χ1v) is 6.66. The van der Waals surface area contributed by atoms with Gasteiger partial charge in [0.15, 0.2) is 16.4 Å². The van der Waals surface area contributed by atoms with Gasteiger partial charge in [-0.15, -0.1) is 0 Å². The first kappa shape index (κ1) is 13.3. The molecular formula is C14H9ClF2N2S. The quantitative estimate of drug-likeness (QED) is 0.682. The van der Waals surface area contributed by atoms with Crippen LogP contribution in [0.5, 0.6) is 0 Å². The molecule has 3 rings (SSSR count). The lowest BCUT2D eigenvalue weighted by molar-refractivity contribution is 0.512. The third-order valence-corrected chi connectivity index (χ3v) is 3.80. The molecule has 0 radical (unpaired) electrons. The Morgan fingerprint density at radius 3 is 2.65 bits per heavy atom. The lowest BCUT2D eigenvalue weighted by Crippen LogP contribution is -2.02. The number of hydrogen-bond donors (Lipinski definition) is 1. The van der Waals surface area contributed by atoms with Crippen LogP contribution in [0.4, 0.5) is 8.78 Å². The van der Waals surface area contributed by atoms with Crippen LogP contribution in [0.3, 0.4) is 0 Å². The van der Waals surface area contributed by atoms with Crippen LogP contribution in [0.25, 0.3) is 11.0 Å². The van der Waals surface area contributed by atoms with Gasteiger partial charge < -0.3 is 9.55 Å². The average Bonchev–Trinajstić information content (AvgIpc) is 2.74. The number of nitrogens with zero attached hydrogens (tertiary/aromatic N) is 1. The van der Waals surface area contributed by atoms with Gasteiger partial charge in [-0.3, -0.25) is 0 Å². The highest BCUT2D eigenvalue weighted by molar-refractivity contribution is 7.71. The molecule has 0 bridgehead atoms. The Balaban J connectivity index is 2.22. The number of fused-ring (bicyclic) bond motifs is 1. The van der Waals surface area contributed by atoms with Gasteiger partial charge in [0, 0.05) is 5.02 Å². The Kier molecular flexibility index (Phi) is 3.31. The predicted molar refractivity (Wildman–Crippen MR) is 77.6 cm³/mol. The van der Waals surface area contributed by atoms with Crippen LogP contribution in [0.1, 0.15) is 5.56 Å². The predicted octanol–water partition coefficient (Wildman–Crippen LogP) is 4.68. The first-order chi connectivity index (χ1) is 9.58. The molecule has 0 aliphatic carbocycles. The Morgan fingerprint density at radius 1 is 1.15 bits per heavy atom. The van der Waals surface area contributed by atoms with Crippen molar-refractivity contribution >= 4 is 34.9 Å². The molecule has 2 nitrogen and oxygen atoms in total. The van der Waals surface area contributed by atoms with Crippen molar-refractivity contribution in [1.82, 2.24) is 9.55 Å². The van der Waals surface area contributed by atoms with Gasteiger partial charge in [0.05, 0.1) is 12.1 Å². The second-order valence-corrected chi connectivity index (χ2v) is 5.16. The monoisotopic (exact) mass is 310 g/mol. The molecule has 1 aromatic heterocycles. The van der Waals surface area contributed by atoms with E-state index < -0.39 is 11.6 Å². The summed E-state index contributed by atoms with van der Waals surface area (Å²) >= 11 is 11.3. The van der Waals surface area contributed by atoms with Crippen LogP contribution in [0, 0.1) is 16.4 Å². The topological polar surface area (TPSA) is 20.7 Å². The second-order valence-electron chi connectivity index (χ2n) is 4.37. The minimum Gasteiger partial charge on any atom is -0.330 e. The number of H-pyrrole nitrogens is 1.